The lowest BCUT2D eigenvalue weighted by molar-refractivity contribution is 0.627. The second-order valence-corrected chi connectivity index (χ2v) is 4.38. The first-order valence-electron chi connectivity index (χ1n) is 5.41. The van der Waals surface area contributed by atoms with Crippen LogP contribution in [0, 0.1) is 12.7 Å². The van der Waals surface area contributed by atoms with Gasteiger partial charge in [-0.3, -0.25) is 0 Å². The average molecular weight is 262 g/mol. The van der Waals surface area contributed by atoms with Crippen molar-refractivity contribution in [1.29, 1.82) is 0 Å². The molecule has 0 aliphatic carbocycles. The van der Waals surface area contributed by atoms with E-state index in [1.54, 1.807) is 10.6 Å². The van der Waals surface area contributed by atoms with Crippen LogP contribution in [0.3, 0.4) is 0 Å². The van der Waals surface area contributed by atoms with Crippen LogP contribution in [0.5, 0.6) is 0 Å². The standard InChI is InChI=1S/C13H9ClFN3/c1-8-6-18(10-4-2-3-9(15)5-10)13-11(8)12(14)16-7-17-13/h2-7H,1H3. The average Bonchev–Trinajstić information content (AvgIpc) is 2.68. The minimum atomic E-state index is -0.285. The quantitative estimate of drug-likeness (QED) is 0.628. The van der Waals surface area contributed by atoms with Crippen LogP contribution >= 0.6 is 11.6 Å². The van der Waals surface area contributed by atoms with Gasteiger partial charge in [0.1, 0.15) is 22.9 Å². The number of aryl methyl sites for hydroxylation is 1. The lowest BCUT2D eigenvalue weighted by Gasteiger charge is -2.04. The van der Waals surface area contributed by atoms with E-state index in [1.807, 2.05) is 19.2 Å². The van der Waals surface area contributed by atoms with Crippen LogP contribution in [0.1, 0.15) is 5.56 Å². The Labute approximate surface area is 108 Å². The number of hydrogen-bond donors (Lipinski definition) is 0. The van der Waals surface area contributed by atoms with Gasteiger partial charge >= 0.3 is 0 Å². The van der Waals surface area contributed by atoms with E-state index in [0.29, 0.717) is 16.5 Å². The van der Waals surface area contributed by atoms with Crippen molar-refractivity contribution >= 4 is 22.6 Å². The molecule has 3 nitrogen and oxygen atoms in total. The number of nitrogens with zero attached hydrogens (tertiary/aromatic N) is 3. The molecule has 0 saturated heterocycles. The number of benzene rings is 1. The van der Waals surface area contributed by atoms with Crippen LogP contribution in [0.15, 0.2) is 36.8 Å². The van der Waals surface area contributed by atoms with Crippen molar-refractivity contribution in [3.63, 3.8) is 0 Å². The van der Waals surface area contributed by atoms with E-state index in [-0.39, 0.29) is 5.82 Å². The van der Waals surface area contributed by atoms with Gasteiger partial charge in [-0.2, -0.15) is 0 Å². The Morgan fingerprint density at radius 1 is 1.28 bits per heavy atom. The molecule has 3 aromatic rings. The van der Waals surface area contributed by atoms with Gasteiger partial charge in [0, 0.05) is 11.9 Å². The molecule has 0 bridgehead atoms. The third-order valence-electron chi connectivity index (χ3n) is 2.81. The van der Waals surface area contributed by atoms with Gasteiger partial charge in [-0.15, -0.1) is 0 Å². The summed E-state index contributed by atoms with van der Waals surface area (Å²) in [7, 11) is 0. The smallest absolute Gasteiger partial charge is 0.149 e. The molecular formula is C13H9ClFN3. The van der Waals surface area contributed by atoms with Gasteiger partial charge in [0.25, 0.3) is 0 Å². The zero-order valence-corrected chi connectivity index (χ0v) is 10.3. The Balaban J connectivity index is 2.34. The Kier molecular flexibility index (Phi) is 2.52. The molecule has 0 amide bonds. The zero-order valence-electron chi connectivity index (χ0n) is 9.56. The molecule has 0 unspecified atom stereocenters. The lowest BCUT2D eigenvalue weighted by atomic mass is 10.3. The molecule has 0 radical (unpaired) electrons. The molecule has 3 rings (SSSR count). The maximum atomic E-state index is 13.3. The molecule has 2 aromatic heterocycles. The summed E-state index contributed by atoms with van der Waals surface area (Å²) in [6.45, 7) is 1.92. The SMILES string of the molecule is Cc1cn(-c2cccc(F)c2)c2ncnc(Cl)c12. The van der Waals surface area contributed by atoms with Gasteiger partial charge in [0.2, 0.25) is 0 Å². The molecule has 5 heteroatoms. The van der Waals surface area contributed by atoms with Crippen molar-refractivity contribution in [2.75, 3.05) is 0 Å². The normalized spacial score (nSPS) is 11.1. The van der Waals surface area contributed by atoms with Crippen LogP contribution in [0.2, 0.25) is 5.15 Å². The largest absolute Gasteiger partial charge is 0.301 e. The van der Waals surface area contributed by atoms with Gasteiger partial charge in [-0.1, -0.05) is 17.7 Å². The minimum absolute atomic E-state index is 0.285. The molecule has 0 N–H and O–H groups in total. The van der Waals surface area contributed by atoms with Crippen molar-refractivity contribution in [2.45, 2.75) is 6.92 Å². The Morgan fingerprint density at radius 3 is 2.89 bits per heavy atom. The second-order valence-electron chi connectivity index (χ2n) is 4.03. The summed E-state index contributed by atoms with van der Waals surface area (Å²) in [5, 5.41) is 1.20. The minimum Gasteiger partial charge on any atom is -0.301 e. The Morgan fingerprint density at radius 2 is 2.11 bits per heavy atom. The number of hydrogen-bond acceptors (Lipinski definition) is 2. The Bertz CT molecular complexity index is 736. The zero-order chi connectivity index (χ0) is 12.7. The number of aromatic nitrogens is 3. The number of halogens is 2. The summed E-state index contributed by atoms with van der Waals surface area (Å²) in [6.07, 6.45) is 3.28. The summed E-state index contributed by atoms with van der Waals surface area (Å²) in [5.41, 5.74) is 2.35. The van der Waals surface area contributed by atoms with E-state index >= 15 is 0 Å². The Hall–Kier alpha value is -1.94. The fraction of sp³-hybridized carbons (Fsp3) is 0.0769. The molecule has 0 atom stereocenters. The van der Waals surface area contributed by atoms with Gasteiger partial charge in [-0.05, 0) is 30.7 Å². The summed E-state index contributed by atoms with van der Waals surface area (Å²) in [4.78, 5) is 8.17. The molecule has 1 aromatic carbocycles. The topological polar surface area (TPSA) is 30.7 Å². The summed E-state index contributed by atoms with van der Waals surface area (Å²) in [6, 6.07) is 6.34. The highest BCUT2D eigenvalue weighted by Crippen LogP contribution is 2.27. The van der Waals surface area contributed by atoms with Crippen molar-refractivity contribution in [2.24, 2.45) is 0 Å². The van der Waals surface area contributed by atoms with Crippen LogP contribution in [-0.4, -0.2) is 14.5 Å². The summed E-state index contributed by atoms with van der Waals surface area (Å²) in [5.74, 6) is -0.285. The van der Waals surface area contributed by atoms with E-state index in [0.717, 1.165) is 10.9 Å². The fourth-order valence-corrected chi connectivity index (χ4v) is 2.30. The third-order valence-corrected chi connectivity index (χ3v) is 3.10. The highest BCUT2D eigenvalue weighted by molar-refractivity contribution is 6.34. The maximum Gasteiger partial charge on any atom is 0.149 e. The first-order chi connectivity index (χ1) is 8.66. The summed E-state index contributed by atoms with van der Waals surface area (Å²) >= 11 is 6.06. The first kappa shape index (κ1) is 11.2. The van der Waals surface area contributed by atoms with Crippen LogP contribution in [-0.2, 0) is 0 Å². The highest BCUT2D eigenvalue weighted by Gasteiger charge is 2.12. The van der Waals surface area contributed by atoms with Crippen LogP contribution in [0.25, 0.3) is 16.7 Å². The lowest BCUT2D eigenvalue weighted by Crippen LogP contribution is -1.94. The van der Waals surface area contributed by atoms with Gasteiger partial charge in [-0.25, -0.2) is 14.4 Å². The fourth-order valence-electron chi connectivity index (χ4n) is 2.02. The van der Waals surface area contributed by atoms with Crippen molar-refractivity contribution in [3.8, 4) is 5.69 Å². The highest BCUT2D eigenvalue weighted by atomic mass is 35.5. The van der Waals surface area contributed by atoms with Crippen molar-refractivity contribution in [3.05, 3.63) is 53.3 Å². The molecule has 2 heterocycles. The third kappa shape index (κ3) is 1.66. The van der Waals surface area contributed by atoms with Gasteiger partial charge in [0.15, 0.2) is 0 Å². The van der Waals surface area contributed by atoms with Gasteiger partial charge in [0.05, 0.1) is 5.39 Å². The molecule has 18 heavy (non-hydrogen) atoms. The molecule has 0 aliphatic heterocycles. The van der Waals surface area contributed by atoms with E-state index in [9.17, 15) is 4.39 Å². The number of fused-ring (bicyclic) bond motifs is 1. The molecule has 90 valence electrons. The molecule has 0 saturated carbocycles. The van der Waals surface area contributed by atoms with Crippen molar-refractivity contribution < 1.29 is 4.39 Å². The summed E-state index contributed by atoms with van der Waals surface area (Å²) < 4.78 is 15.1. The molecular weight excluding hydrogens is 253 g/mol. The predicted octanol–water partition coefficient (Wildman–Crippen LogP) is 3.52. The predicted molar refractivity (Wildman–Crippen MR) is 68.6 cm³/mol. The molecule has 0 fully saturated rings. The number of rotatable bonds is 1. The monoisotopic (exact) mass is 261 g/mol. The van der Waals surface area contributed by atoms with E-state index in [2.05, 4.69) is 9.97 Å². The van der Waals surface area contributed by atoms with E-state index in [1.165, 1.54) is 18.5 Å². The van der Waals surface area contributed by atoms with Crippen LogP contribution in [0.4, 0.5) is 4.39 Å². The van der Waals surface area contributed by atoms with Crippen LogP contribution < -0.4 is 0 Å². The second kappa shape index (κ2) is 4.07. The first-order valence-corrected chi connectivity index (χ1v) is 5.78. The van der Waals surface area contributed by atoms with E-state index < -0.39 is 0 Å². The molecule has 0 spiro atoms. The molecule has 0 aliphatic rings. The van der Waals surface area contributed by atoms with Crippen molar-refractivity contribution in [1.82, 2.24) is 14.5 Å². The maximum absolute atomic E-state index is 13.3. The van der Waals surface area contributed by atoms with E-state index in [4.69, 9.17) is 11.6 Å². The van der Waals surface area contributed by atoms with Gasteiger partial charge < -0.3 is 4.57 Å².